The molecule has 8 heteroatoms. The predicted octanol–water partition coefficient (Wildman–Crippen LogP) is 1.32. The molecule has 0 bridgehead atoms. The molecule has 1 aromatic heterocycles. The van der Waals surface area contributed by atoms with E-state index < -0.39 is 12.0 Å². The number of hydrogen-bond donors (Lipinski definition) is 3. The van der Waals surface area contributed by atoms with Crippen LogP contribution in [-0.4, -0.2) is 34.5 Å². The molecule has 0 saturated carbocycles. The van der Waals surface area contributed by atoms with Crippen molar-refractivity contribution >= 4 is 40.0 Å². The summed E-state index contributed by atoms with van der Waals surface area (Å²) in [5.41, 5.74) is 6.68. The van der Waals surface area contributed by atoms with Gasteiger partial charge in [-0.15, -0.1) is 23.1 Å². The maximum Gasteiger partial charge on any atom is 0.321 e. The van der Waals surface area contributed by atoms with Crippen LogP contribution in [-0.2, 0) is 9.59 Å². The predicted molar refractivity (Wildman–Crippen MR) is 80.1 cm³/mol. The smallest absolute Gasteiger partial charge is 0.321 e. The summed E-state index contributed by atoms with van der Waals surface area (Å²) >= 11 is 2.50. The lowest BCUT2D eigenvalue weighted by atomic mass is 10.2. The summed E-state index contributed by atoms with van der Waals surface area (Å²) in [5.74, 6) is -1.10. The molecule has 1 heterocycles. The number of rotatable bonds is 6. The van der Waals surface area contributed by atoms with Crippen LogP contribution in [0.1, 0.15) is 16.0 Å². The number of anilines is 1. The Labute approximate surface area is 125 Å². The normalized spacial score (nSPS) is 11.7. The number of aryl methyl sites for hydroxylation is 1. The van der Waals surface area contributed by atoms with E-state index in [2.05, 4.69) is 11.4 Å². The van der Waals surface area contributed by atoms with Gasteiger partial charge in [-0.1, -0.05) is 0 Å². The summed E-state index contributed by atoms with van der Waals surface area (Å²) in [7, 11) is 0. The monoisotopic (exact) mass is 313 g/mol. The Kier molecular flexibility index (Phi) is 6.01. The highest BCUT2D eigenvalue weighted by molar-refractivity contribution is 8.00. The van der Waals surface area contributed by atoms with Crippen molar-refractivity contribution in [3.63, 3.8) is 0 Å². The van der Waals surface area contributed by atoms with Crippen molar-refractivity contribution in [1.29, 1.82) is 5.26 Å². The Hall–Kier alpha value is -1.56. The first-order valence-corrected chi connectivity index (χ1v) is 7.70. The van der Waals surface area contributed by atoms with E-state index in [1.165, 1.54) is 11.3 Å². The summed E-state index contributed by atoms with van der Waals surface area (Å²) in [6.07, 6.45) is 0. The molecule has 0 aromatic carbocycles. The number of nitrogens with two attached hydrogens (primary N) is 1. The van der Waals surface area contributed by atoms with Crippen LogP contribution in [0.5, 0.6) is 0 Å². The molecule has 20 heavy (non-hydrogen) atoms. The summed E-state index contributed by atoms with van der Waals surface area (Å²) in [5, 5.41) is 20.9. The number of nitriles is 1. The van der Waals surface area contributed by atoms with Gasteiger partial charge in [0.2, 0.25) is 5.91 Å². The molecule has 6 nitrogen and oxygen atoms in total. The van der Waals surface area contributed by atoms with Gasteiger partial charge >= 0.3 is 5.97 Å². The number of thioether (sulfide) groups is 1. The minimum absolute atomic E-state index is 0.0991. The van der Waals surface area contributed by atoms with Crippen LogP contribution in [0.15, 0.2) is 0 Å². The molecule has 108 valence electrons. The molecule has 0 aliphatic rings. The van der Waals surface area contributed by atoms with Crippen LogP contribution in [0.3, 0.4) is 0 Å². The number of amides is 1. The van der Waals surface area contributed by atoms with Crippen LogP contribution in [0.4, 0.5) is 5.00 Å². The molecule has 1 aromatic rings. The minimum Gasteiger partial charge on any atom is -0.480 e. The first-order valence-electron chi connectivity index (χ1n) is 5.72. The van der Waals surface area contributed by atoms with E-state index in [1.807, 2.05) is 13.8 Å². The summed E-state index contributed by atoms with van der Waals surface area (Å²) in [4.78, 5) is 23.2. The fourth-order valence-corrected chi connectivity index (χ4v) is 3.16. The Bertz CT molecular complexity index is 563. The number of thiophene rings is 1. The van der Waals surface area contributed by atoms with E-state index in [-0.39, 0.29) is 17.4 Å². The number of carbonyl (C=O) groups excluding carboxylic acids is 1. The molecule has 0 spiro atoms. The molecule has 0 radical (unpaired) electrons. The van der Waals surface area contributed by atoms with Crippen molar-refractivity contribution in [3.05, 3.63) is 16.0 Å². The van der Waals surface area contributed by atoms with Gasteiger partial charge in [-0.3, -0.25) is 9.59 Å². The van der Waals surface area contributed by atoms with Crippen molar-refractivity contribution in [2.24, 2.45) is 5.73 Å². The lowest BCUT2D eigenvalue weighted by Crippen LogP contribution is -2.33. The van der Waals surface area contributed by atoms with E-state index in [0.29, 0.717) is 10.6 Å². The number of aliphatic carboxylic acids is 1. The first-order chi connectivity index (χ1) is 9.36. The maximum absolute atomic E-state index is 11.7. The molecule has 1 rings (SSSR count). The third-order valence-electron chi connectivity index (χ3n) is 2.60. The standard InChI is InChI=1S/C12H15N3O3S2/c1-6-7(2)20-11(8(6)3-13)15-10(16)5-19-4-9(14)12(17)18/h9H,4-5,14H2,1-2H3,(H,15,16)(H,17,18). The zero-order valence-corrected chi connectivity index (χ0v) is 12.7. The topological polar surface area (TPSA) is 116 Å². The van der Waals surface area contributed by atoms with Gasteiger partial charge in [0.15, 0.2) is 0 Å². The molecule has 4 N–H and O–H groups in total. The van der Waals surface area contributed by atoms with Gasteiger partial charge < -0.3 is 16.2 Å². The van der Waals surface area contributed by atoms with E-state index in [9.17, 15) is 9.59 Å². The van der Waals surface area contributed by atoms with E-state index >= 15 is 0 Å². The number of carboxylic acid groups (broad SMARTS) is 1. The zero-order valence-electron chi connectivity index (χ0n) is 11.1. The molecule has 1 unspecified atom stereocenters. The van der Waals surface area contributed by atoms with Gasteiger partial charge in [-0.05, 0) is 19.4 Å². The largest absolute Gasteiger partial charge is 0.480 e. The van der Waals surface area contributed by atoms with Crippen molar-refractivity contribution in [2.45, 2.75) is 19.9 Å². The van der Waals surface area contributed by atoms with Crippen molar-refractivity contribution in [3.8, 4) is 6.07 Å². The number of carbonyl (C=O) groups is 2. The molecule has 1 amide bonds. The number of carboxylic acids is 1. The third kappa shape index (κ3) is 4.23. The molecule has 0 fully saturated rings. The molecule has 0 saturated heterocycles. The summed E-state index contributed by atoms with van der Waals surface area (Å²) < 4.78 is 0. The van der Waals surface area contributed by atoms with Gasteiger partial charge in [0, 0.05) is 10.6 Å². The second kappa shape index (κ2) is 7.28. The Morgan fingerprint density at radius 3 is 2.75 bits per heavy atom. The SMILES string of the molecule is Cc1sc(NC(=O)CSCC(N)C(=O)O)c(C#N)c1C. The van der Waals surface area contributed by atoms with Gasteiger partial charge in [0.25, 0.3) is 0 Å². The molecule has 0 aliphatic heterocycles. The average molecular weight is 313 g/mol. The van der Waals surface area contributed by atoms with E-state index in [4.69, 9.17) is 16.1 Å². The highest BCUT2D eigenvalue weighted by Crippen LogP contribution is 2.31. The highest BCUT2D eigenvalue weighted by atomic mass is 32.2. The third-order valence-corrected chi connectivity index (χ3v) is 4.78. The molecule has 0 aliphatic carbocycles. The molecular weight excluding hydrogens is 298 g/mol. The van der Waals surface area contributed by atoms with E-state index in [0.717, 1.165) is 22.2 Å². The van der Waals surface area contributed by atoms with Gasteiger partial charge in [-0.25, -0.2) is 0 Å². The highest BCUT2D eigenvalue weighted by Gasteiger charge is 2.16. The Balaban J connectivity index is 2.54. The van der Waals surface area contributed by atoms with Crippen molar-refractivity contribution in [1.82, 2.24) is 0 Å². The zero-order chi connectivity index (χ0) is 15.3. The van der Waals surface area contributed by atoms with Gasteiger partial charge in [-0.2, -0.15) is 5.26 Å². The lowest BCUT2D eigenvalue weighted by Gasteiger charge is -2.06. The van der Waals surface area contributed by atoms with Crippen LogP contribution in [0.2, 0.25) is 0 Å². The number of nitrogens with one attached hydrogen (secondary N) is 1. The molecule has 1 atom stereocenters. The van der Waals surface area contributed by atoms with Gasteiger partial charge in [0.1, 0.15) is 17.1 Å². The number of hydrogen-bond acceptors (Lipinski definition) is 6. The summed E-state index contributed by atoms with van der Waals surface area (Å²) in [6, 6.07) is 1.09. The lowest BCUT2D eigenvalue weighted by molar-refractivity contribution is -0.137. The fraction of sp³-hybridized carbons (Fsp3) is 0.417. The Morgan fingerprint density at radius 2 is 2.20 bits per heavy atom. The maximum atomic E-state index is 11.7. The first kappa shape index (κ1) is 16.5. The fourth-order valence-electron chi connectivity index (χ4n) is 1.36. The van der Waals surface area contributed by atoms with E-state index in [1.54, 1.807) is 0 Å². The second-order valence-corrected chi connectivity index (χ2v) is 6.36. The minimum atomic E-state index is -1.09. The molecular formula is C12H15N3O3S2. The van der Waals surface area contributed by atoms with Crippen LogP contribution >= 0.6 is 23.1 Å². The van der Waals surface area contributed by atoms with Crippen molar-refractivity contribution in [2.75, 3.05) is 16.8 Å². The van der Waals surface area contributed by atoms with Crippen LogP contribution in [0.25, 0.3) is 0 Å². The second-order valence-electron chi connectivity index (χ2n) is 4.11. The summed E-state index contributed by atoms with van der Waals surface area (Å²) in [6.45, 7) is 3.72. The van der Waals surface area contributed by atoms with Crippen LogP contribution in [0, 0.1) is 25.2 Å². The van der Waals surface area contributed by atoms with Crippen LogP contribution < -0.4 is 11.1 Å². The van der Waals surface area contributed by atoms with Crippen molar-refractivity contribution < 1.29 is 14.7 Å². The Morgan fingerprint density at radius 1 is 1.55 bits per heavy atom. The number of nitrogens with zero attached hydrogens (tertiary/aromatic N) is 1. The van der Waals surface area contributed by atoms with Gasteiger partial charge in [0.05, 0.1) is 11.3 Å². The quantitative estimate of drug-likeness (QED) is 0.729. The average Bonchev–Trinajstić information content (AvgIpc) is 2.64.